The van der Waals surface area contributed by atoms with Crippen molar-refractivity contribution in [3.8, 4) is 0 Å². The molecular formula is C16H22FN3O. The first-order chi connectivity index (χ1) is 10.2. The van der Waals surface area contributed by atoms with E-state index in [-0.39, 0.29) is 11.4 Å². The van der Waals surface area contributed by atoms with Crippen LogP contribution in [-0.2, 0) is 0 Å². The molecule has 0 aromatic heterocycles. The fourth-order valence-corrected chi connectivity index (χ4v) is 3.61. The summed E-state index contributed by atoms with van der Waals surface area (Å²) < 4.78 is 14.4. The molecule has 1 aromatic carbocycles. The first-order valence-corrected chi connectivity index (χ1v) is 7.76. The molecule has 3 N–H and O–H groups in total. The third kappa shape index (κ3) is 2.88. The van der Waals surface area contributed by atoms with Gasteiger partial charge in [0, 0.05) is 24.2 Å². The Kier molecular flexibility index (Phi) is 4.10. The van der Waals surface area contributed by atoms with Crippen molar-refractivity contribution in [1.82, 2.24) is 5.32 Å². The third-order valence-corrected chi connectivity index (χ3v) is 4.65. The summed E-state index contributed by atoms with van der Waals surface area (Å²) in [6.07, 6.45) is 5.72. The molecule has 0 spiro atoms. The zero-order valence-electron chi connectivity index (χ0n) is 12.1. The van der Waals surface area contributed by atoms with E-state index in [0.717, 1.165) is 32.4 Å². The van der Waals surface area contributed by atoms with Crippen LogP contribution in [0.2, 0.25) is 0 Å². The van der Waals surface area contributed by atoms with Crippen LogP contribution in [0, 0.1) is 5.82 Å². The molecule has 3 rings (SSSR count). The van der Waals surface area contributed by atoms with Crippen molar-refractivity contribution in [3.05, 3.63) is 29.6 Å². The first kappa shape index (κ1) is 14.3. The van der Waals surface area contributed by atoms with Gasteiger partial charge in [-0.1, -0.05) is 0 Å². The van der Waals surface area contributed by atoms with Crippen LogP contribution < -0.4 is 16.0 Å². The highest BCUT2D eigenvalue weighted by Gasteiger charge is 2.32. The number of nitrogens with zero attached hydrogens (tertiary/aromatic N) is 1. The lowest BCUT2D eigenvalue weighted by molar-refractivity contribution is 0.1000. The molecule has 2 fully saturated rings. The van der Waals surface area contributed by atoms with Crippen molar-refractivity contribution in [1.29, 1.82) is 0 Å². The summed E-state index contributed by atoms with van der Waals surface area (Å²) in [5.74, 6) is -0.940. The average Bonchev–Trinajstić information content (AvgIpc) is 3.01. The zero-order chi connectivity index (χ0) is 14.8. The molecule has 21 heavy (non-hydrogen) atoms. The van der Waals surface area contributed by atoms with E-state index < -0.39 is 5.91 Å². The highest BCUT2D eigenvalue weighted by Crippen LogP contribution is 2.31. The number of anilines is 1. The summed E-state index contributed by atoms with van der Waals surface area (Å²) in [6.45, 7) is 1.92. The van der Waals surface area contributed by atoms with Gasteiger partial charge >= 0.3 is 0 Å². The molecule has 1 amide bonds. The standard InChI is InChI=1S/C16H22FN3O/c17-12-10-11(16(18)21)6-7-14(12)20-9-2-1-5-15(20)13-4-3-8-19-13/h6-7,10,13,15,19H,1-5,8-9H2,(H2,18,21). The van der Waals surface area contributed by atoms with Crippen molar-refractivity contribution in [2.45, 2.75) is 44.2 Å². The minimum Gasteiger partial charge on any atom is -0.366 e. The Balaban J connectivity index is 1.87. The molecule has 5 heteroatoms. The van der Waals surface area contributed by atoms with Gasteiger partial charge in [-0.05, 0) is 56.8 Å². The molecule has 2 atom stereocenters. The summed E-state index contributed by atoms with van der Waals surface area (Å²) in [6, 6.07) is 5.36. The molecular weight excluding hydrogens is 269 g/mol. The lowest BCUT2D eigenvalue weighted by atomic mass is 9.93. The maximum Gasteiger partial charge on any atom is 0.248 e. The fraction of sp³-hybridized carbons (Fsp3) is 0.562. The molecule has 114 valence electrons. The maximum absolute atomic E-state index is 14.4. The summed E-state index contributed by atoms with van der Waals surface area (Å²) >= 11 is 0. The lowest BCUT2D eigenvalue weighted by Crippen LogP contribution is -2.50. The summed E-state index contributed by atoms with van der Waals surface area (Å²) in [5.41, 5.74) is 6.03. The number of nitrogens with two attached hydrogens (primary N) is 1. The van der Waals surface area contributed by atoms with Crippen molar-refractivity contribution in [2.75, 3.05) is 18.0 Å². The van der Waals surface area contributed by atoms with E-state index in [1.165, 1.54) is 18.9 Å². The monoisotopic (exact) mass is 291 g/mol. The summed E-state index contributed by atoms with van der Waals surface area (Å²) in [4.78, 5) is 13.3. The van der Waals surface area contributed by atoms with Crippen LogP contribution in [0.15, 0.2) is 18.2 Å². The van der Waals surface area contributed by atoms with Crippen LogP contribution in [0.5, 0.6) is 0 Å². The van der Waals surface area contributed by atoms with Gasteiger partial charge in [0.2, 0.25) is 5.91 Å². The number of carbonyl (C=O) groups is 1. The van der Waals surface area contributed by atoms with E-state index >= 15 is 0 Å². The Morgan fingerprint density at radius 1 is 1.29 bits per heavy atom. The average molecular weight is 291 g/mol. The van der Waals surface area contributed by atoms with Gasteiger partial charge in [-0.3, -0.25) is 4.79 Å². The maximum atomic E-state index is 14.4. The van der Waals surface area contributed by atoms with E-state index in [2.05, 4.69) is 10.2 Å². The number of hydrogen-bond acceptors (Lipinski definition) is 3. The van der Waals surface area contributed by atoms with Crippen molar-refractivity contribution < 1.29 is 9.18 Å². The van der Waals surface area contributed by atoms with Gasteiger partial charge in [0.1, 0.15) is 5.82 Å². The number of piperidine rings is 1. The van der Waals surface area contributed by atoms with E-state index in [1.54, 1.807) is 12.1 Å². The number of benzene rings is 1. The van der Waals surface area contributed by atoms with Crippen LogP contribution in [0.4, 0.5) is 10.1 Å². The molecule has 0 saturated carbocycles. The van der Waals surface area contributed by atoms with E-state index in [4.69, 9.17) is 5.73 Å². The van der Waals surface area contributed by atoms with Gasteiger partial charge in [0.15, 0.2) is 0 Å². The minimum absolute atomic E-state index is 0.226. The largest absolute Gasteiger partial charge is 0.366 e. The molecule has 0 aliphatic carbocycles. The molecule has 2 aliphatic rings. The molecule has 2 aliphatic heterocycles. The van der Waals surface area contributed by atoms with Gasteiger partial charge in [0.05, 0.1) is 5.69 Å². The number of primary amides is 1. The van der Waals surface area contributed by atoms with Crippen molar-refractivity contribution in [2.24, 2.45) is 5.73 Å². The smallest absolute Gasteiger partial charge is 0.248 e. The lowest BCUT2D eigenvalue weighted by Gasteiger charge is -2.41. The molecule has 2 saturated heterocycles. The zero-order valence-corrected chi connectivity index (χ0v) is 12.1. The predicted molar refractivity (Wildman–Crippen MR) is 80.9 cm³/mol. The molecule has 0 bridgehead atoms. The highest BCUT2D eigenvalue weighted by atomic mass is 19.1. The molecule has 2 unspecified atom stereocenters. The summed E-state index contributed by atoms with van der Waals surface area (Å²) in [7, 11) is 0. The fourth-order valence-electron chi connectivity index (χ4n) is 3.61. The second-order valence-corrected chi connectivity index (χ2v) is 5.99. The minimum atomic E-state index is -0.590. The third-order valence-electron chi connectivity index (χ3n) is 4.65. The predicted octanol–water partition coefficient (Wildman–Crippen LogP) is 2.04. The van der Waals surface area contributed by atoms with Gasteiger partial charge in [-0.2, -0.15) is 0 Å². The Hall–Kier alpha value is -1.62. The molecule has 2 heterocycles. The normalized spacial score (nSPS) is 26.0. The molecule has 1 aromatic rings. The van der Waals surface area contributed by atoms with Crippen LogP contribution >= 0.6 is 0 Å². The second-order valence-electron chi connectivity index (χ2n) is 5.99. The Labute approximate surface area is 124 Å². The molecule has 0 radical (unpaired) electrons. The second kappa shape index (κ2) is 6.02. The van der Waals surface area contributed by atoms with Crippen LogP contribution in [0.3, 0.4) is 0 Å². The topological polar surface area (TPSA) is 58.4 Å². The quantitative estimate of drug-likeness (QED) is 0.896. The van der Waals surface area contributed by atoms with Crippen molar-refractivity contribution >= 4 is 11.6 Å². The first-order valence-electron chi connectivity index (χ1n) is 7.76. The number of carbonyl (C=O) groups excluding carboxylic acids is 1. The highest BCUT2D eigenvalue weighted by molar-refractivity contribution is 5.93. The Morgan fingerprint density at radius 2 is 2.14 bits per heavy atom. The number of hydrogen-bond donors (Lipinski definition) is 2. The number of amides is 1. The van der Waals surface area contributed by atoms with Gasteiger partial charge in [-0.15, -0.1) is 0 Å². The number of rotatable bonds is 3. The van der Waals surface area contributed by atoms with E-state index in [9.17, 15) is 9.18 Å². The number of nitrogens with one attached hydrogen (secondary N) is 1. The van der Waals surface area contributed by atoms with E-state index in [0.29, 0.717) is 17.8 Å². The Bertz CT molecular complexity index is 528. The van der Waals surface area contributed by atoms with Crippen LogP contribution in [0.1, 0.15) is 42.5 Å². The van der Waals surface area contributed by atoms with Gasteiger partial charge in [-0.25, -0.2) is 4.39 Å². The van der Waals surface area contributed by atoms with Crippen molar-refractivity contribution in [3.63, 3.8) is 0 Å². The SMILES string of the molecule is NC(=O)c1ccc(N2CCCCC2C2CCCN2)c(F)c1. The number of halogens is 1. The van der Waals surface area contributed by atoms with Crippen LogP contribution in [-0.4, -0.2) is 31.1 Å². The van der Waals surface area contributed by atoms with E-state index in [1.807, 2.05) is 0 Å². The molecule has 4 nitrogen and oxygen atoms in total. The van der Waals surface area contributed by atoms with Gasteiger partial charge in [0.25, 0.3) is 0 Å². The van der Waals surface area contributed by atoms with Crippen LogP contribution in [0.25, 0.3) is 0 Å². The van der Waals surface area contributed by atoms with Gasteiger partial charge < -0.3 is 16.0 Å². The Morgan fingerprint density at radius 3 is 2.81 bits per heavy atom. The summed E-state index contributed by atoms with van der Waals surface area (Å²) in [5, 5.41) is 3.54.